The van der Waals surface area contributed by atoms with E-state index in [1.54, 1.807) is 0 Å². The van der Waals surface area contributed by atoms with Crippen molar-refractivity contribution in [2.75, 3.05) is 11.9 Å². The number of halogens is 2. The highest BCUT2D eigenvalue weighted by molar-refractivity contribution is 5.72. The van der Waals surface area contributed by atoms with Crippen molar-refractivity contribution < 1.29 is 23.8 Å². The van der Waals surface area contributed by atoms with Crippen LogP contribution in [-0.2, 0) is 4.79 Å². The zero-order valence-corrected chi connectivity index (χ0v) is 7.58. The molecule has 0 saturated carbocycles. The molecule has 1 atom stereocenters. The minimum absolute atomic E-state index is 0.446. The summed E-state index contributed by atoms with van der Waals surface area (Å²) >= 11 is 0. The van der Waals surface area contributed by atoms with Gasteiger partial charge >= 0.3 is 5.97 Å². The molecule has 4 nitrogen and oxygen atoms in total. The summed E-state index contributed by atoms with van der Waals surface area (Å²) < 4.78 is 25.9. The molecule has 0 spiro atoms. The van der Waals surface area contributed by atoms with Crippen LogP contribution < -0.4 is 5.32 Å². The number of carbonyl (C=O) groups is 1. The molecule has 1 unspecified atom stereocenters. The number of rotatable bonds is 4. The summed E-state index contributed by atoms with van der Waals surface area (Å²) in [6.07, 6.45) is -1.70. The standard InChI is InChI=1S/C9H9F2NO3/c10-5-2-1-3-6(11)8(5)12-4-7(13)9(14)15/h1-3,7,12-13H,4H2,(H,14,15). The van der Waals surface area contributed by atoms with Crippen LogP contribution in [-0.4, -0.2) is 28.8 Å². The number of aliphatic hydroxyl groups is 1. The van der Waals surface area contributed by atoms with E-state index in [9.17, 15) is 13.6 Å². The first-order valence-electron chi connectivity index (χ1n) is 4.11. The molecule has 0 fully saturated rings. The van der Waals surface area contributed by atoms with Crippen LogP contribution in [0.25, 0.3) is 0 Å². The second kappa shape index (κ2) is 4.70. The van der Waals surface area contributed by atoms with Crippen molar-refractivity contribution in [2.45, 2.75) is 6.10 Å². The van der Waals surface area contributed by atoms with Crippen LogP contribution in [0, 0.1) is 11.6 Å². The number of benzene rings is 1. The van der Waals surface area contributed by atoms with Gasteiger partial charge in [-0.25, -0.2) is 13.6 Å². The lowest BCUT2D eigenvalue weighted by Crippen LogP contribution is -2.28. The fourth-order valence-electron chi connectivity index (χ4n) is 0.953. The molecule has 0 heterocycles. The maximum absolute atomic E-state index is 13.0. The number of anilines is 1. The number of carboxylic acids is 1. The van der Waals surface area contributed by atoms with Crippen molar-refractivity contribution in [2.24, 2.45) is 0 Å². The highest BCUT2D eigenvalue weighted by Crippen LogP contribution is 2.17. The van der Waals surface area contributed by atoms with E-state index < -0.39 is 35.9 Å². The molecule has 82 valence electrons. The molecule has 0 aromatic heterocycles. The predicted molar refractivity (Wildman–Crippen MR) is 48.5 cm³/mol. The third-order valence-electron chi connectivity index (χ3n) is 1.72. The molecule has 1 aromatic rings. The van der Waals surface area contributed by atoms with Crippen molar-refractivity contribution >= 4 is 11.7 Å². The minimum atomic E-state index is -1.70. The molecule has 0 saturated heterocycles. The maximum Gasteiger partial charge on any atom is 0.334 e. The van der Waals surface area contributed by atoms with Gasteiger partial charge in [0.15, 0.2) is 6.10 Å². The summed E-state index contributed by atoms with van der Waals surface area (Å²) in [5.74, 6) is -3.14. The molecule has 0 aliphatic heterocycles. The zero-order chi connectivity index (χ0) is 11.4. The largest absolute Gasteiger partial charge is 0.479 e. The number of para-hydroxylation sites is 1. The SMILES string of the molecule is O=C(O)C(O)CNc1c(F)cccc1F. The van der Waals surface area contributed by atoms with Gasteiger partial charge in [0.1, 0.15) is 17.3 Å². The molecule has 6 heteroatoms. The van der Waals surface area contributed by atoms with Crippen molar-refractivity contribution in [1.29, 1.82) is 0 Å². The van der Waals surface area contributed by atoms with Crippen LogP contribution in [0.15, 0.2) is 18.2 Å². The summed E-state index contributed by atoms with van der Waals surface area (Å²) in [6, 6.07) is 3.24. The fourth-order valence-corrected chi connectivity index (χ4v) is 0.953. The van der Waals surface area contributed by atoms with E-state index in [0.717, 1.165) is 12.1 Å². The van der Waals surface area contributed by atoms with Crippen molar-refractivity contribution in [3.63, 3.8) is 0 Å². The van der Waals surface area contributed by atoms with E-state index >= 15 is 0 Å². The molecule has 3 N–H and O–H groups in total. The van der Waals surface area contributed by atoms with Crippen LogP contribution >= 0.6 is 0 Å². The zero-order valence-electron chi connectivity index (χ0n) is 7.58. The highest BCUT2D eigenvalue weighted by Gasteiger charge is 2.15. The fraction of sp³-hybridized carbons (Fsp3) is 0.222. The van der Waals surface area contributed by atoms with Gasteiger partial charge in [-0.2, -0.15) is 0 Å². The van der Waals surface area contributed by atoms with E-state index in [1.807, 2.05) is 0 Å². The molecule has 0 aliphatic carbocycles. The lowest BCUT2D eigenvalue weighted by Gasteiger charge is -2.10. The topological polar surface area (TPSA) is 69.6 Å². The summed E-state index contributed by atoms with van der Waals surface area (Å²) in [4.78, 5) is 10.2. The van der Waals surface area contributed by atoms with E-state index in [1.165, 1.54) is 6.07 Å². The Hall–Kier alpha value is -1.69. The van der Waals surface area contributed by atoms with Gasteiger partial charge in [-0.05, 0) is 12.1 Å². The normalized spacial score (nSPS) is 12.2. The Bertz CT molecular complexity index is 350. The lowest BCUT2D eigenvalue weighted by atomic mass is 10.2. The highest BCUT2D eigenvalue weighted by atomic mass is 19.1. The van der Waals surface area contributed by atoms with E-state index in [0.29, 0.717) is 0 Å². The summed E-state index contributed by atoms with van der Waals surface area (Å²) in [5, 5.41) is 19.4. The number of aliphatic carboxylic acids is 1. The molecule has 15 heavy (non-hydrogen) atoms. The number of carboxylic acid groups (broad SMARTS) is 1. The lowest BCUT2D eigenvalue weighted by molar-refractivity contribution is -0.145. The van der Waals surface area contributed by atoms with Gasteiger partial charge in [-0.15, -0.1) is 0 Å². The first-order chi connectivity index (χ1) is 7.02. The Morgan fingerprint density at radius 1 is 1.40 bits per heavy atom. The van der Waals surface area contributed by atoms with Gasteiger partial charge in [0, 0.05) is 0 Å². The van der Waals surface area contributed by atoms with Crippen LogP contribution in [0.5, 0.6) is 0 Å². The molecule has 0 amide bonds. The number of nitrogens with one attached hydrogen (secondary N) is 1. The molecular weight excluding hydrogens is 208 g/mol. The molecule has 0 radical (unpaired) electrons. The molecular formula is C9H9F2NO3. The van der Waals surface area contributed by atoms with Crippen LogP contribution in [0.3, 0.4) is 0 Å². The first kappa shape index (κ1) is 11.4. The summed E-state index contributed by atoms with van der Waals surface area (Å²) in [5.41, 5.74) is -0.446. The Kier molecular flexibility index (Phi) is 3.56. The summed E-state index contributed by atoms with van der Waals surface area (Å²) in [7, 11) is 0. The van der Waals surface area contributed by atoms with Gasteiger partial charge in [-0.3, -0.25) is 0 Å². The minimum Gasteiger partial charge on any atom is -0.479 e. The van der Waals surface area contributed by atoms with Crippen molar-refractivity contribution in [1.82, 2.24) is 0 Å². The van der Waals surface area contributed by atoms with Gasteiger partial charge in [-0.1, -0.05) is 6.07 Å². The molecule has 0 aliphatic rings. The first-order valence-corrected chi connectivity index (χ1v) is 4.11. The monoisotopic (exact) mass is 217 g/mol. The quantitative estimate of drug-likeness (QED) is 0.698. The Morgan fingerprint density at radius 3 is 2.40 bits per heavy atom. The van der Waals surface area contributed by atoms with Crippen LogP contribution in [0.1, 0.15) is 0 Å². The Morgan fingerprint density at radius 2 is 1.93 bits per heavy atom. The van der Waals surface area contributed by atoms with Crippen LogP contribution in [0.4, 0.5) is 14.5 Å². The smallest absolute Gasteiger partial charge is 0.334 e. The molecule has 1 aromatic carbocycles. The maximum atomic E-state index is 13.0. The third-order valence-corrected chi connectivity index (χ3v) is 1.72. The molecule has 1 rings (SSSR count). The average molecular weight is 217 g/mol. The van der Waals surface area contributed by atoms with Crippen molar-refractivity contribution in [3.05, 3.63) is 29.8 Å². The van der Waals surface area contributed by atoms with E-state index in [2.05, 4.69) is 5.32 Å². The Labute approximate surface area is 84.2 Å². The number of hydrogen-bond donors (Lipinski definition) is 3. The van der Waals surface area contributed by atoms with Crippen molar-refractivity contribution in [3.8, 4) is 0 Å². The number of hydrogen-bond acceptors (Lipinski definition) is 3. The predicted octanol–water partition coefficient (Wildman–Crippen LogP) is 0.822. The van der Waals surface area contributed by atoms with E-state index in [-0.39, 0.29) is 0 Å². The van der Waals surface area contributed by atoms with Gasteiger partial charge < -0.3 is 15.5 Å². The van der Waals surface area contributed by atoms with E-state index in [4.69, 9.17) is 10.2 Å². The second-order valence-corrected chi connectivity index (χ2v) is 2.83. The number of aliphatic hydroxyl groups excluding tert-OH is 1. The van der Waals surface area contributed by atoms with Crippen LogP contribution in [0.2, 0.25) is 0 Å². The van der Waals surface area contributed by atoms with Gasteiger partial charge in [0.25, 0.3) is 0 Å². The second-order valence-electron chi connectivity index (χ2n) is 2.83. The van der Waals surface area contributed by atoms with Gasteiger partial charge in [0.05, 0.1) is 6.54 Å². The summed E-state index contributed by atoms with van der Waals surface area (Å²) in [6.45, 7) is -0.465. The average Bonchev–Trinajstić information content (AvgIpc) is 2.16. The third kappa shape index (κ3) is 2.88. The Balaban J connectivity index is 2.69. The van der Waals surface area contributed by atoms with Gasteiger partial charge in [0.2, 0.25) is 0 Å². The molecule has 0 bridgehead atoms.